The summed E-state index contributed by atoms with van der Waals surface area (Å²) in [5.74, 6) is 0.399. The normalized spacial score (nSPS) is 13.6. The number of fused-ring (bicyclic) bond motifs is 1. The van der Waals surface area contributed by atoms with E-state index in [0.717, 1.165) is 23.4 Å². The molecule has 0 saturated heterocycles. The van der Waals surface area contributed by atoms with Gasteiger partial charge in [0.1, 0.15) is 5.82 Å². The minimum Gasteiger partial charge on any atom is -0.352 e. The van der Waals surface area contributed by atoms with Crippen molar-refractivity contribution in [3.05, 3.63) is 82.6 Å². The van der Waals surface area contributed by atoms with E-state index in [-0.39, 0.29) is 12.5 Å². The van der Waals surface area contributed by atoms with Gasteiger partial charge in [0, 0.05) is 56.5 Å². The van der Waals surface area contributed by atoms with Gasteiger partial charge in [0.15, 0.2) is 0 Å². The lowest BCUT2D eigenvalue weighted by atomic mass is 10.0. The monoisotopic (exact) mass is 427 g/mol. The highest BCUT2D eigenvalue weighted by atomic mass is 19.4. The smallest absolute Gasteiger partial charge is 0.352 e. The fraction of sp³-hybridized carbons (Fsp3) is 0.273. The van der Waals surface area contributed by atoms with Gasteiger partial charge in [0.25, 0.3) is 5.91 Å². The van der Waals surface area contributed by atoms with Crippen molar-refractivity contribution in [2.45, 2.75) is 32.6 Å². The number of carbonyl (C=O) groups excluding carboxylic acids is 1. The lowest BCUT2D eigenvalue weighted by molar-refractivity contribution is -0.137. The third-order valence-corrected chi connectivity index (χ3v) is 5.18. The predicted molar refractivity (Wildman–Crippen MR) is 108 cm³/mol. The summed E-state index contributed by atoms with van der Waals surface area (Å²) in [5.41, 5.74) is 2.60. The average molecular weight is 427 g/mol. The molecular formula is C22H20F3N5O. The van der Waals surface area contributed by atoms with Gasteiger partial charge in [0.05, 0.1) is 11.1 Å². The summed E-state index contributed by atoms with van der Waals surface area (Å²) in [5, 5.41) is 2.84. The maximum absolute atomic E-state index is 13.0. The third kappa shape index (κ3) is 4.65. The third-order valence-electron chi connectivity index (χ3n) is 5.18. The van der Waals surface area contributed by atoms with Gasteiger partial charge < -0.3 is 10.2 Å². The Labute approximate surface area is 177 Å². The molecule has 1 amide bonds. The van der Waals surface area contributed by atoms with Crippen LogP contribution in [0.2, 0.25) is 0 Å². The summed E-state index contributed by atoms with van der Waals surface area (Å²) in [6.45, 7) is 3.09. The van der Waals surface area contributed by atoms with Crippen molar-refractivity contribution in [1.29, 1.82) is 0 Å². The number of rotatable bonds is 4. The molecule has 160 valence electrons. The summed E-state index contributed by atoms with van der Waals surface area (Å²) >= 11 is 0. The Balaban J connectivity index is 1.48. The maximum Gasteiger partial charge on any atom is 0.417 e. The fourth-order valence-corrected chi connectivity index (χ4v) is 3.57. The second kappa shape index (κ2) is 8.33. The molecular weight excluding hydrogens is 407 g/mol. The van der Waals surface area contributed by atoms with Crippen LogP contribution in [-0.4, -0.2) is 27.4 Å². The van der Waals surface area contributed by atoms with E-state index in [1.165, 1.54) is 6.20 Å². The number of hydrogen-bond acceptors (Lipinski definition) is 5. The molecule has 0 aromatic carbocycles. The Bertz CT molecular complexity index is 1100. The lowest BCUT2D eigenvalue weighted by Gasteiger charge is -2.30. The van der Waals surface area contributed by atoms with Crippen LogP contribution >= 0.6 is 0 Å². The second-order valence-corrected chi connectivity index (χ2v) is 7.40. The molecule has 4 rings (SSSR count). The molecule has 1 N–H and O–H groups in total. The van der Waals surface area contributed by atoms with Crippen LogP contribution < -0.4 is 10.2 Å². The summed E-state index contributed by atoms with van der Waals surface area (Å²) in [6, 6.07) is 6.54. The van der Waals surface area contributed by atoms with Gasteiger partial charge in [-0.15, -0.1) is 0 Å². The number of anilines is 1. The highest BCUT2D eigenvalue weighted by Gasteiger charge is 2.32. The number of nitrogens with one attached hydrogen (secondary N) is 1. The van der Waals surface area contributed by atoms with Gasteiger partial charge in [-0.05, 0) is 47.9 Å². The number of aryl methyl sites for hydroxylation is 1. The number of aromatic nitrogens is 3. The molecule has 1 aliphatic heterocycles. The Kier molecular flexibility index (Phi) is 5.58. The number of hydrogen-bond donors (Lipinski definition) is 1. The molecule has 0 fully saturated rings. The van der Waals surface area contributed by atoms with Crippen LogP contribution in [0.25, 0.3) is 0 Å². The van der Waals surface area contributed by atoms with E-state index in [1.54, 1.807) is 18.5 Å². The predicted octanol–water partition coefficient (Wildman–Crippen LogP) is 3.69. The molecule has 9 heteroatoms. The molecule has 4 heterocycles. The first-order valence-electron chi connectivity index (χ1n) is 9.75. The van der Waals surface area contributed by atoms with E-state index in [2.05, 4.69) is 20.3 Å². The van der Waals surface area contributed by atoms with Crippen molar-refractivity contribution in [3.63, 3.8) is 0 Å². The van der Waals surface area contributed by atoms with E-state index >= 15 is 0 Å². The number of amides is 1. The number of carbonyl (C=O) groups is 1. The number of halogens is 3. The molecule has 0 atom stereocenters. The Hall–Kier alpha value is -3.49. The summed E-state index contributed by atoms with van der Waals surface area (Å²) < 4.78 is 39.1. The average Bonchev–Trinajstić information content (AvgIpc) is 2.76. The quantitative estimate of drug-likeness (QED) is 0.688. The molecule has 0 unspecified atom stereocenters. The number of pyridine rings is 3. The molecule has 0 bridgehead atoms. The molecule has 0 spiro atoms. The van der Waals surface area contributed by atoms with Gasteiger partial charge in [-0.1, -0.05) is 0 Å². The second-order valence-electron chi connectivity index (χ2n) is 7.40. The molecule has 1 aliphatic rings. The summed E-state index contributed by atoms with van der Waals surface area (Å²) in [6.07, 6.45) is 1.80. The number of alkyl halides is 3. The van der Waals surface area contributed by atoms with E-state index in [9.17, 15) is 18.0 Å². The zero-order valence-corrected chi connectivity index (χ0v) is 16.8. The minimum absolute atomic E-state index is 0.248. The zero-order valence-electron chi connectivity index (χ0n) is 16.8. The molecule has 0 saturated carbocycles. The maximum atomic E-state index is 13.0. The van der Waals surface area contributed by atoms with Crippen LogP contribution in [0.1, 0.15) is 38.3 Å². The van der Waals surface area contributed by atoms with Crippen molar-refractivity contribution >= 4 is 11.7 Å². The fourth-order valence-electron chi connectivity index (χ4n) is 3.57. The van der Waals surface area contributed by atoms with Crippen molar-refractivity contribution in [2.24, 2.45) is 0 Å². The van der Waals surface area contributed by atoms with Gasteiger partial charge in [-0.2, -0.15) is 13.2 Å². The SMILES string of the molecule is Cc1cc(C(=O)NCc2ccncc2)cnc1N1CCc2ncc(C(F)(F)F)cc2C1. The minimum atomic E-state index is -4.43. The van der Waals surface area contributed by atoms with E-state index in [0.29, 0.717) is 42.1 Å². The topological polar surface area (TPSA) is 71.0 Å². The summed E-state index contributed by atoms with van der Waals surface area (Å²) in [4.78, 5) is 26.7. The van der Waals surface area contributed by atoms with Crippen LogP contribution in [0.5, 0.6) is 0 Å². The zero-order chi connectivity index (χ0) is 22.0. The van der Waals surface area contributed by atoms with Crippen LogP contribution in [0.3, 0.4) is 0 Å². The van der Waals surface area contributed by atoms with Gasteiger partial charge in [-0.25, -0.2) is 4.98 Å². The van der Waals surface area contributed by atoms with E-state index in [1.807, 2.05) is 24.0 Å². The first kappa shape index (κ1) is 20.8. The lowest BCUT2D eigenvalue weighted by Crippen LogP contribution is -2.32. The molecule has 0 radical (unpaired) electrons. The van der Waals surface area contributed by atoms with Crippen LogP contribution in [0.4, 0.5) is 19.0 Å². The summed E-state index contributed by atoms with van der Waals surface area (Å²) in [7, 11) is 0. The van der Waals surface area contributed by atoms with Gasteiger partial charge >= 0.3 is 6.18 Å². The van der Waals surface area contributed by atoms with Gasteiger partial charge in [0.2, 0.25) is 0 Å². The van der Waals surface area contributed by atoms with E-state index in [4.69, 9.17) is 0 Å². The van der Waals surface area contributed by atoms with Crippen LogP contribution in [-0.2, 0) is 25.7 Å². The molecule has 0 aliphatic carbocycles. The largest absolute Gasteiger partial charge is 0.417 e. The van der Waals surface area contributed by atoms with Crippen LogP contribution in [0.15, 0.2) is 49.1 Å². The first-order chi connectivity index (χ1) is 14.8. The highest BCUT2D eigenvalue weighted by molar-refractivity contribution is 5.94. The number of nitrogens with zero attached hydrogens (tertiary/aromatic N) is 4. The van der Waals surface area contributed by atoms with Crippen molar-refractivity contribution in [2.75, 3.05) is 11.4 Å². The molecule has 3 aromatic heterocycles. The van der Waals surface area contributed by atoms with Crippen molar-refractivity contribution in [3.8, 4) is 0 Å². The van der Waals surface area contributed by atoms with E-state index < -0.39 is 11.7 Å². The standard InChI is InChI=1S/C22H20F3N5O/c1-14-8-16(21(31)29-10-15-2-5-26-6-3-15)11-28-20(14)30-7-4-19-17(13-30)9-18(12-27-19)22(23,24)25/h2-3,5-6,8-9,11-12H,4,7,10,13H2,1H3,(H,29,31). The molecule has 6 nitrogen and oxygen atoms in total. The Morgan fingerprint density at radius 2 is 1.94 bits per heavy atom. The Morgan fingerprint density at radius 1 is 1.16 bits per heavy atom. The van der Waals surface area contributed by atoms with Gasteiger partial charge in [-0.3, -0.25) is 14.8 Å². The first-order valence-corrected chi connectivity index (χ1v) is 9.75. The molecule has 31 heavy (non-hydrogen) atoms. The van der Waals surface area contributed by atoms with Crippen molar-refractivity contribution in [1.82, 2.24) is 20.3 Å². The Morgan fingerprint density at radius 3 is 2.65 bits per heavy atom. The molecule has 3 aromatic rings. The van der Waals surface area contributed by atoms with Crippen molar-refractivity contribution < 1.29 is 18.0 Å². The van der Waals surface area contributed by atoms with Crippen LogP contribution in [0, 0.1) is 6.92 Å². The highest BCUT2D eigenvalue weighted by Crippen LogP contribution is 2.32.